The molecule has 0 fully saturated rings. The van der Waals surface area contributed by atoms with Crippen molar-refractivity contribution in [2.75, 3.05) is 6.54 Å². The van der Waals surface area contributed by atoms with Gasteiger partial charge in [0, 0.05) is 18.4 Å². The fraction of sp³-hybridized carbons (Fsp3) is 0.667. The molecule has 0 aromatic heterocycles. The van der Waals surface area contributed by atoms with Gasteiger partial charge in [-0.3, -0.25) is 9.59 Å². The van der Waals surface area contributed by atoms with Crippen molar-refractivity contribution < 1.29 is 19.5 Å². The average Bonchev–Trinajstić information content (AvgIpc) is 2.37. The summed E-state index contributed by atoms with van der Waals surface area (Å²) in [5.41, 5.74) is -0.457. The van der Waals surface area contributed by atoms with Gasteiger partial charge in [0.15, 0.2) is 0 Å². The Balaban J connectivity index is 4.01. The van der Waals surface area contributed by atoms with Crippen molar-refractivity contribution in [2.45, 2.75) is 52.5 Å². The lowest BCUT2D eigenvalue weighted by molar-refractivity contribution is -0.142. The Morgan fingerprint density at radius 1 is 1.29 bits per heavy atom. The van der Waals surface area contributed by atoms with Gasteiger partial charge in [-0.05, 0) is 19.3 Å². The minimum atomic E-state index is -1.05. The molecule has 0 bridgehead atoms. The summed E-state index contributed by atoms with van der Waals surface area (Å²) in [6, 6.07) is -0.889. The van der Waals surface area contributed by atoms with Crippen LogP contribution in [0.4, 0.5) is 0 Å². The molecule has 0 saturated carbocycles. The van der Waals surface area contributed by atoms with Crippen molar-refractivity contribution in [1.82, 2.24) is 10.6 Å². The lowest BCUT2D eigenvalue weighted by Crippen LogP contribution is -2.41. The summed E-state index contributed by atoms with van der Waals surface area (Å²) in [6.07, 6.45) is 3.12. The van der Waals surface area contributed by atoms with E-state index in [4.69, 9.17) is 5.11 Å². The highest BCUT2D eigenvalue weighted by Crippen LogP contribution is 2.12. The van der Waals surface area contributed by atoms with Gasteiger partial charge in [-0.2, -0.15) is 0 Å². The predicted octanol–water partition coefficient (Wildman–Crippen LogP) is 1.46. The molecule has 1 atom stereocenters. The third-order valence-corrected chi connectivity index (χ3v) is 2.84. The van der Waals surface area contributed by atoms with Crippen LogP contribution >= 0.6 is 0 Å². The summed E-state index contributed by atoms with van der Waals surface area (Å²) < 4.78 is 0. The van der Waals surface area contributed by atoms with Crippen LogP contribution in [0, 0.1) is 5.41 Å². The summed E-state index contributed by atoms with van der Waals surface area (Å²) in [5.74, 6) is -1.44. The number of hydrogen-bond acceptors (Lipinski definition) is 3. The summed E-state index contributed by atoms with van der Waals surface area (Å²) in [5, 5.41) is 14.2. The number of carbonyl (C=O) groups excluding carboxylic acids is 2. The maximum Gasteiger partial charge on any atom is 0.326 e. The molecule has 1 unspecified atom stereocenters. The molecule has 6 heteroatoms. The van der Waals surface area contributed by atoms with Crippen LogP contribution in [0.25, 0.3) is 0 Å². The van der Waals surface area contributed by atoms with Gasteiger partial charge in [-0.1, -0.05) is 26.8 Å². The second-order valence-corrected chi connectivity index (χ2v) is 5.93. The smallest absolute Gasteiger partial charge is 0.326 e. The lowest BCUT2D eigenvalue weighted by atomic mass is 9.96. The molecule has 0 aliphatic heterocycles. The van der Waals surface area contributed by atoms with E-state index in [1.165, 1.54) is 0 Å². The fourth-order valence-corrected chi connectivity index (χ4v) is 1.52. The highest BCUT2D eigenvalue weighted by Gasteiger charge is 2.21. The van der Waals surface area contributed by atoms with Crippen LogP contribution in [-0.2, 0) is 14.4 Å². The number of carbonyl (C=O) groups is 3. The van der Waals surface area contributed by atoms with Crippen LogP contribution in [0.3, 0.4) is 0 Å². The molecule has 0 aromatic carbocycles. The third kappa shape index (κ3) is 8.83. The van der Waals surface area contributed by atoms with E-state index in [9.17, 15) is 14.4 Å². The van der Waals surface area contributed by atoms with E-state index >= 15 is 0 Å². The summed E-state index contributed by atoms with van der Waals surface area (Å²) in [7, 11) is 0. The number of carboxylic acids is 1. The van der Waals surface area contributed by atoms with Crippen LogP contribution in [0.2, 0.25) is 0 Å². The first-order valence-corrected chi connectivity index (χ1v) is 7.10. The average molecular weight is 298 g/mol. The Hall–Kier alpha value is -1.85. The summed E-state index contributed by atoms with van der Waals surface area (Å²) >= 11 is 0. The van der Waals surface area contributed by atoms with Gasteiger partial charge in [-0.25, -0.2) is 4.79 Å². The molecule has 0 saturated heterocycles. The number of amides is 2. The molecule has 3 N–H and O–H groups in total. The first-order chi connectivity index (χ1) is 9.68. The first kappa shape index (κ1) is 19.1. The summed E-state index contributed by atoms with van der Waals surface area (Å²) in [4.78, 5) is 34.2. The van der Waals surface area contributed by atoms with Crippen LogP contribution < -0.4 is 10.6 Å². The Bertz CT molecular complexity index is 386. The van der Waals surface area contributed by atoms with Crippen molar-refractivity contribution in [3.63, 3.8) is 0 Å². The first-order valence-electron chi connectivity index (χ1n) is 7.10. The lowest BCUT2D eigenvalue weighted by Gasteiger charge is -2.17. The zero-order chi connectivity index (χ0) is 16.5. The number of carboxylic acid groups (broad SMARTS) is 1. The molecule has 0 aromatic rings. The predicted molar refractivity (Wildman–Crippen MR) is 80.7 cm³/mol. The Morgan fingerprint density at radius 2 is 1.90 bits per heavy atom. The number of nitrogens with one attached hydrogen (secondary N) is 2. The van der Waals surface area contributed by atoms with Gasteiger partial charge >= 0.3 is 5.97 Å². The minimum absolute atomic E-state index is 0.0719. The maximum absolute atomic E-state index is 11.6. The molecule has 0 spiro atoms. The zero-order valence-electron chi connectivity index (χ0n) is 13.1. The maximum atomic E-state index is 11.6. The molecule has 21 heavy (non-hydrogen) atoms. The molecular weight excluding hydrogens is 272 g/mol. The summed E-state index contributed by atoms with van der Waals surface area (Å²) in [6.45, 7) is 9.35. The third-order valence-electron chi connectivity index (χ3n) is 2.84. The van der Waals surface area contributed by atoms with Crippen molar-refractivity contribution in [1.29, 1.82) is 0 Å². The number of allylic oxidation sites excluding steroid dienone is 1. The normalized spacial score (nSPS) is 12.3. The molecule has 2 amide bonds. The van der Waals surface area contributed by atoms with Crippen LogP contribution in [0.1, 0.15) is 46.5 Å². The second-order valence-electron chi connectivity index (χ2n) is 5.93. The van der Waals surface area contributed by atoms with E-state index < -0.39 is 17.4 Å². The van der Waals surface area contributed by atoms with Crippen molar-refractivity contribution in [2.24, 2.45) is 5.41 Å². The molecule has 120 valence electrons. The molecule has 0 aliphatic rings. The molecular formula is C15H26N2O4. The van der Waals surface area contributed by atoms with Crippen LogP contribution in [-0.4, -0.2) is 35.5 Å². The van der Waals surface area contributed by atoms with E-state index in [-0.39, 0.29) is 18.2 Å². The van der Waals surface area contributed by atoms with Gasteiger partial charge in [-0.15, -0.1) is 6.58 Å². The van der Waals surface area contributed by atoms with Gasteiger partial charge in [0.1, 0.15) is 6.04 Å². The van der Waals surface area contributed by atoms with Crippen molar-refractivity contribution in [3.05, 3.63) is 12.7 Å². The quantitative estimate of drug-likeness (QED) is 0.443. The van der Waals surface area contributed by atoms with Crippen molar-refractivity contribution >= 4 is 17.8 Å². The minimum Gasteiger partial charge on any atom is -0.480 e. The van der Waals surface area contributed by atoms with E-state index in [1.54, 1.807) is 6.08 Å². The number of rotatable bonds is 9. The molecule has 6 nitrogen and oxygen atoms in total. The van der Waals surface area contributed by atoms with Gasteiger partial charge < -0.3 is 15.7 Å². The number of hydrogen-bond donors (Lipinski definition) is 3. The monoisotopic (exact) mass is 298 g/mol. The SMILES string of the molecule is C=CCCC(NC(=O)CCCNC(=O)C(C)(C)C)C(=O)O. The van der Waals surface area contributed by atoms with E-state index in [1.807, 2.05) is 20.8 Å². The molecule has 0 rings (SSSR count). The highest BCUT2D eigenvalue weighted by atomic mass is 16.4. The second kappa shape index (κ2) is 9.15. The Labute approximate surface area is 126 Å². The van der Waals surface area contributed by atoms with Gasteiger partial charge in [0.05, 0.1) is 0 Å². The number of aliphatic carboxylic acids is 1. The Kier molecular flexibility index (Phi) is 8.35. The van der Waals surface area contributed by atoms with Gasteiger partial charge in [0.25, 0.3) is 0 Å². The van der Waals surface area contributed by atoms with E-state index in [2.05, 4.69) is 17.2 Å². The van der Waals surface area contributed by atoms with Crippen LogP contribution in [0.15, 0.2) is 12.7 Å². The largest absolute Gasteiger partial charge is 0.480 e. The van der Waals surface area contributed by atoms with Gasteiger partial charge in [0.2, 0.25) is 11.8 Å². The highest BCUT2D eigenvalue weighted by molar-refractivity contribution is 5.83. The molecule has 0 aliphatic carbocycles. The van der Waals surface area contributed by atoms with E-state index in [0.29, 0.717) is 25.8 Å². The Morgan fingerprint density at radius 3 is 2.38 bits per heavy atom. The topological polar surface area (TPSA) is 95.5 Å². The molecule has 0 heterocycles. The van der Waals surface area contributed by atoms with Crippen LogP contribution in [0.5, 0.6) is 0 Å². The fourth-order valence-electron chi connectivity index (χ4n) is 1.52. The zero-order valence-corrected chi connectivity index (χ0v) is 13.1. The standard InChI is InChI=1S/C15H26N2O4/c1-5-6-8-11(13(19)20)17-12(18)9-7-10-16-14(21)15(2,3)4/h5,11H,1,6-10H2,2-4H3,(H,16,21)(H,17,18)(H,19,20). The van der Waals surface area contributed by atoms with Crippen molar-refractivity contribution in [3.8, 4) is 0 Å². The molecule has 0 radical (unpaired) electrons. The van der Waals surface area contributed by atoms with E-state index in [0.717, 1.165) is 0 Å².